The maximum atomic E-state index is 12.5. The van der Waals surface area contributed by atoms with E-state index in [9.17, 15) is 9.59 Å². The molecule has 0 aliphatic heterocycles. The van der Waals surface area contributed by atoms with Crippen LogP contribution in [0.1, 0.15) is 30.0 Å². The molecular formula is C20H24N2O2. The maximum absolute atomic E-state index is 12.5. The normalized spacial score (nSPS) is 10.3. The summed E-state index contributed by atoms with van der Waals surface area (Å²) in [6.45, 7) is 8.36. The molecule has 0 atom stereocenters. The van der Waals surface area contributed by atoms with E-state index < -0.39 is 0 Å². The van der Waals surface area contributed by atoms with Crippen molar-refractivity contribution in [3.8, 4) is 0 Å². The molecule has 0 aliphatic carbocycles. The molecule has 4 heteroatoms. The van der Waals surface area contributed by atoms with Crippen molar-refractivity contribution < 1.29 is 9.59 Å². The van der Waals surface area contributed by atoms with Crippen LogP contribution in [0.4, 0.5) is 11.4 Å². The molecule has 0 unspecified atom stereocenters. The first-order valence-corrected chi connectivity index (χ1v) is 8.15. The Morgan fingerprint density at radius 2 is 1.71 bits per heavy atom. The van der Waals surface area contributed by atoms with Gasteiger partial charge in [-0.05, 0) is 57.0 Å². The standard InChI is InChI=1S/C20H24N2O2/c1-5-22(17-8-6-7-14(2)12-17)20(24)13-19(23)21-18-10-9-15(3)11-16(18)4/h6-12H,5,13H2,1-4H3,(H,21,23). The molecule has 0 radical (unpaired) electrons. The fourth-order valence-corrected chi connectivity index (χ4v) is 2.68. The molecule has 0 saturated heterocycles. The minimum atomic E-state index is -0.293. The number of benzene rings is 2. The average molecular weight is 324 g/mol. The summed E-state index contributed by atoms with van der Waals surface area (Å²) in [7, 11) is 0. The molecule has 126 valence electrons. The number of hydrogen-bond donors (Lipinski definition) is 1. The largest absolute Gasteiger partial charge is 0.325 e. The first-order chi connectivity index (χ1) is 11.4. The van der Waals surface area contributed by atoms with Crippen molar-refractivity contribution in [3.63, 3.8) is 0 Å². The van der Waals surface area contributed by atoms with Crippen molar-refractivity contribution >= 4 is 23.2 Å². The van der Waals surface area contributed by atoms with Crippen molar-refractivity contribution in [2.45, 2.75) is 34.1 Å². The van der Waals surface area contributed by atoms with Crippen LogP contribution in [0.25, 0.3) is 0 Å². The zero-order valence-electron chi connectivity index (χ0n) is 14.7. The van der Waals surface area contributed by atoms with Crippen molar-refractivity contribution in [3.05, 3.63) is 59.2 Å². The van der Waals surface area contributed by atoms with E-state index in [1.807, 2.05) is 70.2 Å². The highest BCUT2D eigenvalue weighted by molar-refractivity contribution is 6.09. The first-order valence-electron chi connectivity index (χ1n) is 8.15. The van der Waals surface area contributed by atoms with Crippen LogP contribution >= 0.6 is 0 Å². The molecule has 0 bridgehead atoms. The van der Waals surface area contributed by atoms with Gasteiger partial charge in [0.05, 0.1) is 0 Å². The van der Waals surface area contributed by atoms with Crippen LogP contribution < -0.4 is 10.2 Å². The van der Waals surface area contributed by atoms with Crippen molar-refractivity contribution in [2.24, 2.45) is 0 Å². The molecule has 1 N–H and O–H groups in total. The van der Waals surface area contributed by atoms with E-state index in [1.165, 1.54) is 0 Å². The van der Waals surface area contributed by atoms with Gasteiger partial charge in [-0.2, -0.15) is 0 Å². The number of carbonyl (C=O) groups is 2. The number of rotatable bonds is 5. The molecule has 2 amide bonds. The summed E-state index contributed by atoms with van der Waals surface area (Å²) in [5, 5.41) is 2.82. The third kappa shape index (κ3) is 4.44. The van der Waals surface area contributed by atoms with Crippen molar-refractivity contribution in [1.29, 1.82) is 0 Å². The Labute approximate surface area is 143 Å². The van der Waals surface area contributed by atoms with Crippen LogP contribution in [-0.4, -0.2) is 18.4 Å². The van der Waals surface area contributed by atoms with Crippen molar-refractivity contribution in [1.82, 2.24) is 0 Å². The third-order valence-corrected chi connectivity index (χ3v) is 3.90. The number of nitrogens with one attached hydrogen (secondary N) is 1. The van der Waals surface area contributed by atoms with Crippen LogP contribution in [0.2, 0.25) is 0 Å². The second-order valence-corrected chi connectivity index (χ2v) is 6.02. The van der Waals surface area contributed by atoms with E-state index in [-0.39, 0.29) is 18.2 Å². The van der Waals surface area contributed by atoms with Gasteiger partial charge in [-0.15, -0.1) is 0 Å². The summed E-state index contributed by atoms with van der Waals surface area (Å²) >= 11 is 0. The van der Waals surface area contributed by atoms with E-state index in [0.717, 1.165) is 28.1 Å². The van der Waals surface area contributed by atoms with Crippen LogP contribution in [0.15, 0.2) is 42.5 Å². The van der Waals surface area contributed by atoms with Gasteiger partial charge in [0.1, 0.15) is 6.42 Å². The second-order valence-electron chi connectivity index (χ2n) is 6.02. The number of nitrogens with zero attached hydrogens (tertiary/aromatic N) is 1. The number of anilines is 2. The minimum Gasteiger partial charge on any atom is -0.325 e. The summed E-state index contributed by atoms with van der Waals surface area (Å²) in [4.78, 5) is 26.3. The van der Waals surface area contributed by atoms with Gasteiger partial charge in [-0.25, -0.2) is 0 Å². The fraction of sp³-hybridized carbons (Fsp3) is 0.300. The summed E-state index contributed by atoms with van der Waals surface area (Å²) < 4.78 is 0. The fourth-order valence-electron chi connectivity index (χ4n) is 2.68. The van der Waals surface area contributed by atoms with E-state index in [2.05, 4.69) is 5.32 Å². The lowest BCUT2D eigenvalue weighted by molar-refractivity contribution is -0.125. The van der Waals surface area contributed by atoms with Gasteiger partial charge < -0.3 is 10.2 Å². The van der Waals surface area contributed by atoms with Gasteiger partial charge in [0.2, 0.25) is 11.8 Å². The van der Waals surface area contributed by atoms with E-state index >= 15 is 0 Å². The predicted molar refractivity (Wildman–Crippen MR) is 98.4 cm³/mol. The smallest absolute Gasteiger partial charge is 0.236 e. The van der Waals surface area contributed by atoms with E-state index in [4.69, 9.17) is 0 Å². The summed E-state index contributed by atoms with van der Waals surface area (Å²) in [6.07, 6.45) is -0.172. The Balaban J connectivity index is 2.05. The highest BCUT2D eigenvalue weighted by atomic mass is 16.2. The third-order valence-electron chi connectivity index (χ3n) is 3.90. The lowest BCUT2D eigenvalue weighted by Crippen LogP contribution is -2.33. The molecule has 4 nitrogen and oxygen atoms in total. The number of amides is 2. The van der Waals surface area contributed by atoms with Gasteiger partial charge in [0, 0.05) is 17.9 Å². The molecular weight excluding hydrogens is 300 g/mol. The molecule has 2 aromatic carbocycles. The molecule has 0 heterocycles. The Kier molecular flexibility index (Phi) is 5.74. The van der Waals surface area contributed by atoms with Crippen LogP contribution in [0.3, 0.4) is 0 Å². The van der Waals surface area contributed by atoms with Crippen molar-refractivity contribution in [2.75, 3.05) is 16.8 Å². The van der Waals surface area contributed by atoms with E-state index in [1.54, 1.807) is 4.90 Å². The topological polar surface area (TPSA) is 49.4 Å². The van der Waals surface area contributed by atoms with E-state index in [0.29, 0.717) is 6.54 Å². The Bertz CT molecular complexity index is 753. The van der Waals surface area contributed by atoms with Crippen LogP contribution in [0.5, 0.6) is 0 Å². The van der Waals surface area contributed by atoms with Gasteiger partial charge in [-0.1, -0.05) is 29.8 Å². The molecule has 0 aliphatic rings. The SMILES string of the molecule is CCN(C(=O)CC(=O)Nc1ccc(C)cc1C)c1cccc(C)c1. The predicted octanol–water partition coefficient (Wildman–Crippen LogP) is 3.99. The number of carbonyl (C=O) groups excluding carboxylic acids is 2. The monoisotopic (exact) mass is 324 g/mol. The van der Waals surface area contributed by atoms with Gasteiger partial charge in [0.15, 0.2) is 0 Å². The molecule has 24 heavy (non-hydrogen) atoms. The first kappa shape index (κ1) is 17.7. The lowest BCUT2D eigenvalue weighted by atomic mass is 10.1. The van der Waals surface area contributed by atoms with Crippen LogP contribution in [-0.2, 0) is 9.59 Å². The molecule has 0 aromatic heterocycles. The highest BCUT2D eigenvalue weighted by Gasteiger charge is 2.18. The molecule has 0 fully saturated rings. The Morgan fingerprint density at radius 3 is 2.33 bits per heavy atom. The zero-order valence-corrected chi connectivity index (χ0v) is 14.7. The van der Waals surface area contributed by atoms with Gasteiger partial charge in [0.25, 0.3) is 0 Å². The highest BCUT2D eigenvalue weighted by Crippen LogP contribution is 2.18. The van der Waals surface area contributed by atoms with Gasteiger partial charge >= 0.3 is 0 Å². The minimum absolute atomic E-state index is 0.172. The number of hydrogen-bond acceptors (Lipinski definition) is 2. The Hall–Kier alpha value is -2.62. The lowest BCUT2D eigenvalue weighted by Gasteiger charge is -2.21. The summed E-state index contributed by atoms with van der Waals surface area (Å²) in [5.41, 5.74) is 4.78. The molecule has 2 rings (SSSR count). The Morgan fingerprint density at radius 1 is 1.00 bits per heavy atom. The summed E-state index contributed by atoms with van der Waals surface area (Å²) in [5.74, 6) is -0.497. The molecule has 2 aromatic rings. The summed E-state index contributed by atoms with van der Waals surface area (Å²) in [6, 6.07) is 13.5. The quantitative estimate of drug-likeness (QED) is 0.845. The average Bonchev–Trinajstić information content (AvgIpc) is 2.51. The molecule has 0 spiro atoms. The maximum Gasteiger partial charge on any atom is 0.236 e. The van der Waals surface area contributed by atoms with Gasteiger partial charge in [-0.3, -0.25) is 9.59 Å². The molecule has 0 saturated carbocycles. The second kappa shape index (κ2) is 7.77. The zero-order chi connectivity index (χ0) is 17.7. The number of aryl methyl sites for hydroxylation is 3. The van der Waals surface area contributed by atoms with Crippen LogP contribution in [0, 0.1) is 20.8 Å².